The van der Waals surface area contributed by atoms with Crippen LogP contribution in [0, 0.1) is 0 Å². The number of hydrogen-bond acceptors (Lipinski definition) is 1. The van der Waals surface area contributed by atoms with Crippen LogP contribution in [0.25, 0.3) is 0 Å². The van der Waals surface area contributed by atoms with Gasteiger partial charge in [-0.05, 0) is 30.0 Å². The lowest BCUT2D eigenvalue weighted by Gasteiger charge is -2.23. The molecule has 1 aromatic rings. The van der Waals surface area contributed by atoms with Gasteiger partial charge in [-0.15, -0.1) is 0 Å². The first kappa shape index (κ1) is 15.2. The lowest BCUT2D eigenvalue weighted by Crippen LogP contribution is -2.34. The van der Waals surface area contributed by atoms with E-state index in [0.29, 0.717) is 6.54 Å². The Bertz CT molecular complexity index is 427. The third-order valence-corrected chi connectivity index (χ3v) is 3.46. The summed E-state index contributed by atoms with van der Waals surface area (Å²) in [5.74, 6) is -3.27. The van der Waals surface area contributed by atoms with Crippen molar-refractivity contribution in [2.75, 3.05) is 13.1 Å². The van der Waals surface area contributed by atoms with Crippen LogP contribution in [0.3, 0.4) is 0 Å². The zero-order valence-corrected chi connectivity index (χ0v) is 10.4. The molecule has 2 rings (SSSR count). The molecule has 1 fully saturated rings. The molecule has 0 saturated carbocycles. The first-order valence-electron chi connectivity index (χ1n) is 6.13. The molecule has 1 unspecified atom stereocenters. The van der Waals surface area contributed by atoms with E-state index >= 15 is 0 Å². The summed E-state index contributed by atoms with van der Waals surface area (Å²) in [7, 11) is 0. The van der Waals surface area contributed by atoms with Gasteiger partial charge in [-0.1, -0.05) is 24.3 Å². The Kier molecular flexibility index (Phi) is 4.00. The fraction of sp³-hybridized carbons (Fsp3) is 0.538. The second-order valence-corrected chi connectivity index (χ2v) is 4.87. The van der Waals surface area contributed by atoms with Gasteiger partial charge in [0.05, 0.1) is 0 Å². The van der Waals surface area contributed by atoms with E-state index in [-0.39, 0.29) is 5.92 Å². The van der Waals surface area contributed by atoms with Crippen molar-refractivity contribution in [3.05, 3.63) is 35.4 Å². The van der Waals surface area contributed by atoms with Crippen LogP contribution in [0.1, 0.15) is 29.4 Å². The third-order valence-electron chi connectivity index (χ3n) is 3.46. The van der Waals surface area contributed by atoms with Gasteiger partial charge >= 0.3 is 12.4 Å². The minimum Gasteiger partial charge on any atom is -0.316 e. The number of benzene rings is 1. The molecule has 7 heteroatoms. The second kappa shape index (κ2) is 5.27. The Hall–Kier alpha value is -1.24. The number of halogens is 6. The highest BCUT2D eigenvalue weighted by atomic mass is 19.4. The maximum atomic E-state index is 12.6. The molecular weight excluding hydrogens is 284 g/mol. The highest BCUT2D eigenvalue weighted by molar-refractivity contribution is 5.30. The molecule has 0 radical (unpaired) electrons. The second-order valence-electron chi connectivity index (χ2n) is 4.87. The molecule has 0 aliphatic carbocycles. The summed E-state index contributed by atoms with van der Waals surface area (Å²) in [6.07, 6.45) is -9.84. The van der Waals surface area contributed by atoms with Crippen molar-refractivity contribution in [2.24, 2.45) is 0 Å². The van der Waals surface area contributed by atoms with Gasteiger partial charge in [0.15, 0.2) is 5.92 Å². The molecule has 20 heavy (non-hydrogen) atoms. The van der Waals surface area contributed by atoms with Gasteiger partial charge in [0.1, 0.15) is 0 Å². The maximum Gasteiger partial charge on any atom is 0.404 e. The first-order valence-corrected chi connectivity index (χ1v) is 6.13. The number of hydrogen-bond donors (Lipinski definition) is 1. The molecule has 112 valence electrons. The Morgan fingerprint density at radius 1 is 0.950 bits per heavy atom. The summed E-state index contributed by atoms with van der Waals surface area (Å²) in [5, 5.41) is 3.10. The molecule has 0 bridgehead atoms. The Labute approximate surface area is 112 Å². The first-order chi connectivity index (χ1) is 9.19. The van der Waals surface area contributed by atoms with E-state index in [2.05, 4.69) is 5.32 Å². The molecule has 1 N–H and O–H groups in total. The summed E-state index contributed by atoms with van der Waals surface area (Å²) in [4.78, 5) is 0. The number of alkyl halides is 6. The van der Waals surface area contributed by atoms with Gasteiger partial charge in [-0.25, -0.2) is 0 Å². The van der Waals surface area contributed by atoms with Gasteiger partial charge in [-0.3, -0.25) is 0 Å². The average Bonchev–Trinajstić information content (AvgIpc) is 2.79. The predicted molar refractivity (Wildman–Crippen MR) is 61.5 cm³/mol. The minimum absolute atomic E-state index is 0.152. The van der Waals surface area contributed by atoms with Gasteiger partial charge < -0.3 is 5.32 Å². The number of nitrogens with one attached hydrogen (secondary N) is 1. The average molecular weight is 297 g/mol. The van der Waals surface area contributed by atoms with Crippen molar-refractivity contribution in [2.45, 2.75) is 30.6 Å². The summed E-state index contributed by atoms with van der Waals surface area (Å²) < 4.78 is 75.4. The van der Waals surface area contributed by atoms with E-state index in [4.69, 9.17) is 0 Å². The molecule has 1 saturated heterocycles. The Morgan fingerprint density at radius 2 is 1.50 bits per heavy atom. The van der Waals surface area contributed by atoms with Crippen LogP contribution in [-0.2, 0) is 0 Å². The van der Waals surface area contributed by atoms with E-state index in [1.54, 1.807) is 0 Å². The highest BCUT2D eigenvalue weighted by Gasteiger charge is 2.57. The quantitative estimate of drug-likeness (QED) is 0.814. The molecule has 0 spiro atoms. The molecule has 1 heterocycles. The zero-order valence-electron chi connectivity index (χ0n) is 10.4. The van der Waals surface area contributed by atoms with Crippen molar-refractivity contribution in [1.82, 2.24) is 5.32 Å². The van der Waals surface area contributed by atoms with Crippen LogP contribution < -0.4 is 5.32 Å². The highest BCUT2D eigenvalue weighted by Crippen LogP contribution is 2.46. The van der Waals surface area contributed by atoms with Crippen molar-refractivity contribution < 1.29 is 26.3 Å². The normalized spacial score (nSPS) is 20.6. The van der Waals surface area contributed by atoms with E-state index in [1.807, 2.05) is 0 Å². The summed E-state index contributed by atoms with van der Waals surface area (Å²) in [6.45, 7) is 1.50. The molecule has 1 nitrogen and oxygen atoms in total. The number of rotatable bonds is 2. The Balaban J connectivity index is 2.26. The van der Waals surface area contributed by atoms with Crippen molar-refractivity contribution in [1.29, 1.82) is 0 Å². The molecule has 0 aromatic heterocycles. The Morgan fingerprint density at radius 3 is 1.90 bits per heavy atom. The van der Waals surface area contributed by atoms with Crippen molar-refractivity contribution in [3.63, 3.8) is 0 Å². The van der Waals surface area contributed by atoms with E-state index < -0.39 is 23.8 Å². The lowest BCUT2D eigenvalue weighted by atomic mass is 9.92. The lowest BCUT2D eigenvalue weighted by molar-refractivity contribution is -0.253. The van der Waals surface area contributed by atoms with Crippen molar-refractivity contribution in [3.8, 4) is 0 Å². The van der Waals surface area contributed by atoms with E-state index in [0.717, 1.165) is 30.7 Å². The van der Waals surface area contributed by atoms with Gasteiger partial charge in [0.25, 0.3) is 0 Å². The minimum atomic E-state index is -5.34. The van der Waals surface area contributed by atoms with Gasteiger partial charge in [-0.2, -0.15) is 26.3 Å². The van der Waals surface area contributed by atoms with E-state index in [1.165, 1.54) is 12.1 Å². The van der Waals surface area contributed by atoms with E-state index in [9.17, 15) is 26.3 Å². The molecular formula is C13H13F6N. The fourth-order valence-electron chi connectivity index (χ4n) is 2.46. The summed E-state index contributed by atoms with van der Waals surface area (Å²) >= 11 is 0. The molecule has 1 aliphatic heterocycles. The van der Waals surface area contributed by atoms with Crippen LogP contribution in [0.4, 0.5) is 26.3 Å². The van der Waals surface area contributed by atoms with Crippen molar-refractivity contribution >= 4 is 0 Å². The zero-order chi connectivity index (χ0) is 15.0. The topological polar surface area (TPSA) is 12.0 Å². The third kappa shape index (κ3) is 3.26. The van der Waals surface area contributed by atoms with Gasteiger partial charge in [0, 0.05) is 6.54 Å². The summed E-state index contributed by atoms with van der Waals surface area (Å²) in [6, 6.07) is 4.58. The standard InChI is InChI=1S/C13H13F6N/c14-12(15,16)11(13(17,18)19)9-3-1-8(2-4-9)10-5-6-20-7-10/h1-4,10-11,20H,5-7H2. The van der Waals surface area contributed by atoms with Crippen LogP contribution in [-0.4, -0.2) is 25.4 Å². The van der Waals surface area contributed by atoms with Crippen LogP contribution in [0.15, 0.2) is 24.3 Å². The van der Waals surface area contributed by atoms with Crippen LogP contribution in [0.2, 0.25) is 0 Å². The molecule has 1 atom stereocenters. The fourth-order valence-corrected chi connectivity index (χ4v) is 2.46. The molecule has 1 aliphatic rings. The van der Waals surface area contributed by atoms with Gasteiger partial charge in [0.2, 0.25) is 0 Å². The molecule has 0 amide bonds. The largest absolute Gasteiger partial charge is 0.404 e. The monoisotopic (exact) mass is 297 g/mol. The predicted octanol–water partition coefficient (Wildman–Crippen LogP) is 3.97. The summed E-state index contributed by atoms with van der Waals surface area (Å²) in [5.41, 5.74) is 0.00144. The van der Waals surface area contributed by atoms with Crippen LogP contribution >= 0.6 is 0 Å². The smallest absolute Gasteiger partial charge is 0.316 e. The van der Waals surface area contributed by atoms with Crippen LogP contribution in [0.5, 0.6) is 0 Å². The maximum absolute atomic E-state index is 12.6. The SMILES string of the molecule is FC(F)(F)C(c1ccc(C2CCNC2)cc1)C(F)(F)F. The molecule has 1 aromatic carbocycles.